The summed E-state index contributed by atoms with van der Waals surface area (Å²) in [5.41, 5.74) is 2.98. The molecular formula is C12H10N2. The molecule has 1 aromatic rings. The lowest BCUT2D eigenvalue weighted by Crippen LogP contribution is -1.84. The van der Waals surface area contributed by atoms with E-state index in [2.05, 4.69) is 4.85 Å². The summed E-state index contributed by atoms with van der Waals surface area (Å²) in [5.74, 6) is 0. The van der Waals surface area contributed by atoms with Gasteiger partial charge < -0.3 is 0 Å². The van der Waals surface area contributed by atoms with E-state index in [1.165, 1.54) is 0 Å². The molecule has 2 heteroatoms. The molecular weight excluding hydrogens is 172 g/mol. The molecule has 1 rings (SSSR count). The van der Waals surface area contributed by atoms with Gasteiger partial charge in [0.25, 0.3) is 5.70 Å². The van der Waals surface area contributed by atoms with Gasteiger partial charge in [0.15, 0.2) is 0 Å². The lowest BCUT2D eigenvalue weighted by molar-refractivity contribution is 1.42. The standard InChI is InChI=1S/C12H10N2/c1-9-5-4-6-11(7-9)10(2)12(8-13)14-3/h4-7H,1-2H3/b12-10-. The molecule has 0 aliphatic carbocycles. The Labute approximate surface area is 83.9 Å². The fourth-order valence-corrected chi connectivity index (χ4v) is 1.21. The van der Waals surface area contributed by atoms with Crippen molar-refractivity contribution in [2.45, 2.75) is 13.8 Å². The van der Waals surface area contributed by atoms with Crippen LogP contribution in [0.3, 0.4) is 0 Å². The number of allylic oxidation sites excluding steroid dienone is 2. The number of benzene rings is 1. The van der Waals surface area contributed by atoms with Crippen molar-refractivity contribution in [3.63, 3.8) is 0 Å². The average molecular weight is 182 g/mol. The summed E-state index contributed by atoms with van der Waals surface area (Å²) >= 11 is 0. The maximum Gasteiger partial charge on any atom is 0.265 e. The number of nitrogens with zero attached hydrogens (tertiary/aromatic N) is 2. The van der Waals surface area contributed by atoms with Crippen LogP contribution in [0.4, 0.5) is 0 Å². The van der Waals surface area contributed by atoms with Gasteiger partial charge in [0.1, 0.15) is 0 Å². The molecule has 0 amide bonds. The molecule has 0 unspecified atom stereocenters. The Balaban J connectivity index is 3.27. The van der Waals surface area contributed by atoms with Crippen LogP contribution in [0.1, 0.15) is 18.1 Å². The highest BCUT2D eigenvalue weighted by Crippen LogP contribution is 2.19. The minimum atomic E-state index is 0.163. The Bertz CT molecular complexity index is 440. The Hall–Kier alpha value is -2.06. The van der Waals surface area contributed by atoms with E-state index in [1.54, 1.807) is 6.92 Å². The fourth-order valence-electron chi connectivity index (χ4n) is 1.21. The van der Waals surface area contributed by atoms with E-state index in [4.69, 9.17) is 11.8 Å². The highest BCUT2D eigenvalue weighted by atomic mass is 14.7. The normalized spacial score (nSPS) is 11.1. The zero-order chi connectivity index (χ0) is 10.6. The van der Waals surface area contributed by atoms with Crippen LogP contribution in [0, 0.1) is 24.8 Å². The molecule has 0 aliphatic heterocycles. The van der Waals surface area contributed by atoms with Crippen molar-refractivity contribution in [3.8, 4) is 6.07 Å². The summed E-state index contributed by atoms with van der Waals surface area (Å²) in [6, 6.07) is 9.68. The van der Waals surface area contributed by atoms with Crippen molar-refractivity contribution in [1.29, 1.82) is 5.26 Å². The number of hydrogen-bond donors (Lipinski definition) is 0. The Morgan fingerprint density at radius 3 is 2.71 bits per heavy atom. The van der Waals surface area contributed by atoms with Crippen LogP contribution >= 0.6 is 0 Å². The summed E-state index contributed by atoms with van der Waals surface area (Å²) in [4.78, 5) is 3.18. The Kier molecular flexibility index (Phi) is 3.05. The molecule has 0 aromatic heterocycles. The van der Waals surface area contributed by atoms with E-state index in [0.717, 1.165) is 16.7 Å². The SMILES string of the molecule is [C-]#[N+]/C(C#N)=C(/C)c1cccc(C)c1. The predicted octanol–water partition coefficient (Wildman–Crippen LogP) is 3.17. The largest absolute Gasteiger partial charge is 0.265 e. The van der Waals surface area contributed by atoms with E-state index >= 15 is 0 Å². The van der Waals surface area contributed by atoms with E-state index in [0.29, 0.717) is 0 Å². The summed E-state index contributed by atoms with van der Waals surface area (Å²) in [6.45, 7) is 10.6. The molecule has 0 fully saturated rings. The van der Waals surface area contributed by atoms with Crippen LogP contribution in [0.5, 0.6) is 0 Å². The third-order valence-electron chi connectivity index (χ3n) is 2.02. The number of aryl methyl sites for hydroxylation is 1. The first kappa shape index (κ1) is 10.0. The molecule has 0 aliphatic rings. The van der Waals surface area contributed by atoms with Gasteiger partial charge in [-0.25, -0.2) is 10.1 Å². The first-order chi connectivity index (χ1) is 6.69. The van der Waals surface area contributed by atoms with Crippen molar-refractivity contribution in [3.05, 3.63) is 52.5 Å². The number of rotatable bonds is 1. The van der Waals surface area contributed by atoms with Crippen molar-refractivity contribution in [1.82, 2.24) is 0 Å². The molecule has 68 valence electrons. The minimum Gasteiger partial charge on any atom is -0.226 e. The van der Waals surface area contributed by atoms with E-state index < -0.39 is 0 Å². The first-order valence-electron chi connectivity index (χ1n) is 4.24. The third-order valence-corrected chi connectivity index (χ3v) is 2.02. The zero-order valence-electron chi connectivity index (χ0n) is 8.20. The van der Waals surface area contributed by atoms with Gasteiger partial charge in [0.2, 0.25) is 0 Å². The topological polar surface area (TPSA) is 28.1 Å². The monoisotopic (exact) mass is 182 g/mol. The summed E-state index contributed by atoms with van der Waals surface area (Å²) in [7, 11) is 0. The van der Waals surface area contributed by atoms with Gasteiger partial charge in [-0.05, 0) is 25.0 Å². The molecule has 0 heterocycles. The van der Waals surface area contributed by atoms with Crippen LogP contribution in [0.25, 0.3) is 10.4 Å². The van der Waals surface area contributed by atoms with Crippen molar-refractivity contribution < 1.29 is 0 Å². The number of nitriles is 1. The van der Waals surface area contributed by atoms with Crippen molar-refractivity contribution in [2.75, 3.05) is 0 Å². The molecule has 1 aromatic carbocycles. The lowest BCUT2D eigenvalue weighted by Gasteiger charge is -2.02. The fraction of sp³-hybridized carbons (Fsp3) is 0.167. The van der Waals surface area contributed by atoms with Gasteiger partial charge in [0, 0.05) is 0 Å². The second kappa shape index (κ2) is 4.25. The molecule has 0 atom stereocenters. The average Bonchev–Trinajstić information content (AvgIpc) is 2.19. The van der Waals surface area contributed by atoms with E-state index in [1.807, 2.05) is 37.3 Å². The summed E-state index contributed by atoms with van der Waals surface area (Å²) < 4.78 is 0. The van der Waals surface area contributed by atoms with Crippen molar-refractivity contribution in [2.24, 2.45) is 0 Å². The van der Waals surface area contributed by atoms with Gasteiger partial charge in [-0.1, -0.05) is 29.8 Å². The quantitative estimate of drug-likeness (QED) is 0.484. The molecule has 0 bridgehead atoms. The molecule has 2 nitrogen and oxygen atoms in total. The van der Waals surface area contributed by atoms with Crippen LogP contribution in [0.2, 0.25) is 0 Å². The maximum atomic E-state index is 8.71. The van der Waals surface area contributed by atoms with Crippen LogP contribution < -0.4 is 0 Å². The molecule has 0 saturated carbocycles. The molecule has 0 saturated heterocycles. The van der Waals surface area contributed by atoms with Gasteiger partial charge in [-0.3, -0.25) is 0 Å². The van der Waals surface area contributed by atoms with Gasteiger partial charge in [-0.2, -0.15) is 0 Å². The van der Waals surface area contributed by atoms with Gasteiger partial charge >= 0.3 is 0 Å². The molecule has 14 heavy (non-hydrogen) atoms. The number of hydrogen-bond acceptors (Lipinski definition) is 1. The lowest BCUT2D eigenvalue weighted by atomic mass is 10.0. The van der Waals surface area contributed by atoms with Gasteiger partial charge in [-0.15, -0.1) is 0 Å². The van der Waals surface area contributed by atoms with Crippen molar-refractivity contribution >= 4 is 5.57 Å². The zero-order valence-corrected chi connectivity index (χ0v) is 8.20. The Morgan fingerprint density at radius 2 is 2.21 bits per heavy atom. The summed E-state index contributed by atoms with van der Waals surface area (Å²) in [6.07, 6.45) is 0. The maximum absolute atomic E-state index is 8.71. The summed E-state index contributed by atoms with van der Waals surface area (Å²) in [5, 5.41) is 8.71. The van der Waals surface area contributed by atoms with E-state index in [-0.39, 0.29) is 5.70 Å². The highest BCUT2D eigenvalue weighted by Gasteiger charge is 2.03. The van der Waals surface area contributed by atoms with Crippen LogP contribution in [0.15, 0.2) is 30.0 Å². The third kappa shape index (κ3) is 2.00. The van der Waals surface area contributed by atoms with Crippen LogP contribution in [-0.4, -0.2) is 0 Å². The molecule has 0 N–H and O–H groups in total. The molecule has 0 radical (unpaired) electrons. The predicted molar refractivity (Wildman–Crippen MR) is 56.0 cm³/mol. The van der Waals surface area contributed by atoms with Crippen LogP contribution in [-0.2, 0) is 0 Å². The second-order valence-corrected chi connectivity index (χ2v) is 3.07. The van der Waals surface area contributed by atoms with Gasteiger partial charge in [0.05, 0.1) is 12.6 Å². The second-order valence-electron chi connectivity index (χ2n) is 3.07. The van der Waals surface area contributed by atoms with E-state index in [9.17, 15) is 0 Å². The molecule has 0 spiro atoms. The first-order valence-corrected chi connectivity index (χ1v) is 4.24. The minimum absolute atomic E-state index is 0.163. The highest BCUT2D eigenvalue weighted by molar-refractivity contribution is 5.71. The Morgan fingerprint density at radius 1 is 1.50 bits per heavy atom. The smallest absolute Gasteiger partial charge is 0.226 e.